The quantitative estimate of drug-likeness (QED) is 0.640. The molecule has 22 heavy (non-hydrogen) atoms. The first-order valence-corrected chi connectivity index (χ1v) is 7.34. The van der Waals surface area contributed by atoms with Crippen LogP contribution in [0.25, 0.3) is 0 Å². The van der Waals surface area contributed by atoms with Gasteiger partial charge in [-0.15, -0.1) is 0 Å². The van der Waals surface area contributed by atoms with E-state index in [1.807, 2.05) is 6.92 Å². The first-order chi connectivity index (χ1) is 10.5. The van der Waals surface area contributed by atoms with Crippen LogP contribution in [-0.4, -0.2) is 49.5 Å². The van der Waals surface area contributed by atoms with E-state index in [1.165, 1.54) is 0 Å². The van der Waals surface area contributed by atoms with Gasteiger partial charge in [0.05, 0.1) is 18.8 Å². The smallest absolute Gasteiger partial charge is 0.335 e. The molecule has 0 aliphatic heterocycles. The number of aromatic carboxylic acids is 1. The fourth-order valence-corrected chi connectivity index (χ4v) is 1.79. The van der Waals surface area contributed by atoms with Crippen molar-refractivity contribution < 1.29 is 24.2 Å². The van der Waals surface area contributed by atoms with Crippen molar-refractivity contribution in [3.05, 3.63) is 35.4 Å². The Labute approximate surface area is 130 Å². The van der Waals surface area contributed by atoms with Gasteiger partial charge in [-0.25, -0.2) is 4.79 Å². The van der Waals surface area contributed by atoms with Crippen LogP contribution in [0.3, 0.4) is 0 Å². The molecule has 6 nitrogen and oxygen atoms in total. The lowest BCUT2D eigenvalue weighted by atomic mass is 10.1. The summed E-state index contributed by atoms with van der Waals surface area (Å²) in [6, 6.07) is 6.60. The molecule has 0 heterocycles. The number of hydrogen-bond acceptors (Lipinski definition) is 4. The van der Waals surface area contributed by atoms with Crippen molar-refractivity contribution in [2.45, 2.75) is 26.4 Å². The van der Waals surface area contributed by atoms with Gasteiger partial charge in [0, 0.05) is 13.2 Å². The molecule has 0 radical (unpaired) electrons. The second kappa shape index (κ2) is 9.92. The second-order valence-electron chi connectivity index (χ2n) is 4.75. The third-order valence-corrected chi connectivity index (χ3v) is 3.08. The minimum atomic E-state index is -0.946. The molecule has 1 atom stereocenters. The van der Waals surface area contributed by atoms with E-state index in [0.29, 0.717) is 32.8 Å². The van der Waals surface area contributed by atoms with Crippen LogP contribution in [0.1, 0.15) is 29.8 Å². The Morgan fingerprint density at radius 3 is 2.50 bits per heavy atom. The maximum Gasteiger partial charge on any atom is 0.335 e. The van der Waals surface area contributed by atoms with Gasteiger partial charge in [-0.05, 0) is 38.0 Å². The molecule has 6 heteroatoms. The first kappa shape index (κ1) is 18.1. The minimum Gasteiger partial charge on any atom is -0.478 e. The lowest BCUT2D eigenvalue weighted by Gasteiger charge is -2.13. The molecule has 0 aliphatic rings. The molecule has 0 aromatic heterocycles. The SMILES string of the molecule is CCOCCOC(C)C(=O)NCCc1ccc(C(=O)O)cc1. The summed E-state index contributed by atoms with van der Waals surface area (Å²) in [4.78, 5) is 22.5. The number of carboxylic acid groups (broad SMARTS) is 1. The van der Waals surface area contributed by atoms with E-state index < -0.39 is 12.1 Å². The second-order valence-corrected chi connectivity index (χ2v) is 4.75. The molecule has 1 unspecified atom stereocenters. The fourth-order valence-electron chi connectivity index (χ4n) is 1.79. The Hall–Kier alpha value is -1.92. The molecule has 1 aromatic carbocycles. The van der Waals surface area contributed by atoms with Gasteiger partial charge >= 0.3 is 5.97 Å². The van der Waals surface area contributed by atoms with Crippen LogP contribution in [0, 0.1) is 0 Å². The predicted molar refractivity (Wildman–Crippen MR) is 82.0 cm³/mol. The van der Waals surface area contributed by atoms with Crippen molar-refractivity contribution in [3.63, 3.8) is 0 Å². The van der Waals surface area contributed by atoms with Gasteiger partial charge in [-0.1, -0.05) is 12.1 Å². The highest BCUT2D eigenvalue weighted by Gasteiger charge is 2.12. The molecule has 0 spiro atoms. The zero-order valence-corrected chi connectivity index (χ0v) is 13.0. The summed E-state index contributed by atoms with van der Waals surface area (Å²) in [7, 11) is 0. The molecule has 0 saturated carbocycles. The average Bonchev–Trinajstić information content (AvgIpc) is 2.51. The number of carbonyl (C=O) groups excluding carboxylic acids is 1. The minimum absolute atomic E-state index is 0.168. The molecule has 0 fully saturated rings. The van der Waals surface area contributed by atoms with Gasteiger partial charge in [0.1, 0.15) is 6.10 Å². The zero-order valence-electron chi connectivity index (χ0n) is 13.0. The van der Waals surface area contributed by atoms with E-state index in [2.05, 4.69) is 5.32 Å². The Kier molecular flexibility index (Phi) is 8.17. The van der Waals surface area contributed by atoms with Gasteiger partial charge in [-0.3, -0.25) is 4.79 Å². The third-order valence-electron chi connectivity index (χ3n) is 3.08. The van der Waals surface area contributed by atoms with Gasteiger partial charge in [0.15, 0.2) is 0 Å². The summed E-state index contributed by atoms with van der Waals surface area (Å²) >= 11 is 0. The largest absolute Gasteiger partial charge is 0.478 e. The van der Waals surface area contributed by atoms with Crippen molar-refractivity contribution >= 4 is 11.9 Å². The third kappa shape index (κ3) is 6.69. The van der Waals surface area contributed by atoms with E-state index in [9.17, 15) is 9.59 Å². The van der Waals surface area contributed by atoms with Gasteiger partial charge in [0.2, 0.25) is 5.91 Å². The van der Waals surface area contributed by atoms with E-state index in [1.54, 1.807) is 31.2 Å². The number of nitrogens with one attached hydrogen (secondary N) is 1. The topological polar surface area (TPSA) is 84.9 Å². The van der Waals surface area contributed by atoms with E-state index >= 15 is 0 Å². The Balaban J connectivity index is 2.25. The van der Waals surface area contributed by atoms with Crippen molar-refractivity contribution in [1.29, 1.82) is 0 Å². The molecule has 1 aromatic rings. The summed E-state index contributed by atoms with van der Waals surface area (Å²) in [6.45, 7) is 5.57. The van der Waals surface area contributed by atoms with E-state index in [4.69, 9.17) is 14.6 Å². The maximum absolute atomic E-state index is 11.8. The molecule has 2 N–H and O–H groups in total. The maximum atomic E-state index is 11.8. The number of benzene rings is 1. The van der Waals surface area contributed by atoms with Crippen LogP contribution >= 0.6 is 0 Å². The van der Waals surface area contributed by atoms with Crippen molar-refractivity contribution in [1.82, 2.24) is 5.32 Å². The van der Waals surface area contributed by atoms with Crippen LogP contribution in [0.15, 0.2) is 24.3 Å². The highest BCUT2D eigenvalue weighted by atomic mass is 16.5. The number of ether oxygens (including phenoxy) is 2. The summed E-state index contributed by atoms with van der Waals surface area (Å²) in [6.07, 6.45) is 0.118. The van der Waals surface area contributed by atoms with Crippen molar-refractivity contribution in [2.75, 3.05) is 26.4 Å². The van der Waals surface area contributed by atoms with Crippen LogP contribution in [0.5, 0.6) is 0 Å². The number of hydrogen-bond donors (Lipinski definition) is 2. The predicted octanol–water partition coefficient (Wildman–Crippen LogP) is 1.49. The van der Waals surface area contributed by atoms with Gasteiger partial charge in [-0.2, -0.15) is 0 Å². The Morgan fingerprint density at radius 1 is 1.23 bits per heavy atom. The zero-order chi connectivity index (χ0) is 16.4. The molecule has 1 rings (SSSR count). The highest BCUT2D eigenvalue weighted by Crippen LogP contribution is 2.05. The monoisotopic (exact) mass is 309 g/mol. The summed E-state index contributed by atoms with van der Waals surface area (Å²) in [5, 5.41) is 11.6. The average molecular weight is 309 g/mol. The highest BCUT2D eigenvalue weighted by molar-refractivity contribution is 5.87. The molecular formula is C16H23NO5. The Bertz CT molecular complexity index is 472. The normalized spacial score (nSPS) is 11.9. The Morgan fingerprint density at radius 2 is 1.91 bits per heavy atom. The van der Waals surface area contributed by atoms with Crippen LogP contribution in [0.2, 0.25) is 0 Å². The fraction of sp³-hybridized carbons (Fsp3) is 0.500. The standard InChI is InChI=1S/C16H23NO5/c1-3-21-10-11-22-12(2)15(18)17-9-8-13-4-6-14(7-5-13)16(19)20/h4-7,12H,3,8-11H2,1-2H3,(H,17,18)(H,19,20). The summed E-state index contributed by atoms with van der Waals surface area (Å²) in [5.41, 5.74) is 1.22. The van der Waals surface area contributed by atoms with Crippen LogP contribution in [0.4, 0.5) is 0 Å². The number of rotatable bonds is 10. The molecular weight excluding hydrogens is 286 g/mol. The molecule has 122 valence electrons. The number of amides is 1. The molecule has 0 aliphatic carbocycles. The lowest BCUT2D eigenvalue weighted by molar-refractivity contribution is -0.132. The van der Waals surface area contributed by atoms with Gasteiger partial charge < -0.3 is 19.9 Å². The van der Waals surface area contributed by atoms with Crippen LogP contribution in [-0.2, 0) is 20.7 Å². The molecule has 0 saturated heterocycles. The summed E-state index contributed by atoms with van der Waals surface area (Å²) < 4.78 is 10.5. The van der Waals surface area contributed by atoms with Crippen molar-refractivity contribution in [3.8, 4) is 0 Å². The number of carbonyl (C=O) groups is 2. The van der Waals surface area contributed by atoms with Crippen molar-refractivity contribution in [2.24, 2.45) is 0 Å². The first-order valence-electron chi connectivity index (χ1n) is 7.34. The summed E-state index contributed by atoms with van der Waals surface area (Å²) in [5.74, 6) is -1.11. The van der Waals surface area contributed by atoms with E-state index in [-0.39, 0.29) is 11.5 Å². The van der Waals surface area contributed by atoms with Gasteiger partial charge in [0.25, 0.3) is 0 Å². The van der Waals surface area contributed by atoms with Crippen LogP contribution < -0.4 is 5.32 Å². The molecule has 1 amide bonds. The van der Waals surface area contributed by atoms with E-state index in [0.717, 1.165) is 5.56 Å². The lowest BCUT2D eigenvalue weighted by Crippen LogP contribution is -2.36. The number of carboxylic acids is 1. The molecule has 0 bridgehead atoms.